The number of nitrogens with zero attached hydrogens (tertiary/aromatic N) is 1. The number of hydrogen-bond acceptors (Lipinski definition) is 3. The molecule has 2 rings (SSSR count). The standard InChI is InChI=1S/C15H23FN2O/c1-12-11-13(19-2)3-4-14(12)15(5-6-16)18-9-7-17-8-10-18/h3-4,11,15,17H,5-10H2,1-2H3/t15-/m1/s1. The van der Waals surface area contributed by atoms with Crippen molar-refractivity contribution in [2.24, 2.45) is 0 Å². The maximum Gasteiger partial charge on any atom is 0.119 e. The van der Waals surface area contributed by atoms with Crippen molar-refractivity contribution in [2.45, 2.75) is 19.4 Å². The van der Waals surface area contributed by atoms with Crippen LogP contribution < -0.4 is 10.1 Å². The molecule has 0 bridgehead atoms. The summed E-state index contributed by atoms with van der Waals surface area (Å²) in [6.07, 6.45) is 0.563. The Balaban J connectivity index is 2.22. The maximum absolute atomic E-state index is 12.9. The Kier molecular flexibility index (Phi) is 5.16. The largest absolute Gasteiger partial charge is 0.497 e. The first-order chi connectivity index (χ1) is 9.26. The highest BCUT2D eigenvalue weighted by molar-refractivity contribution is 5.36. The molecule has 1 aliphatic rings. The van der Waals surface area contributed by atoms with E-state index >= 15 is 0 Å². The molecule has 1 N–H and O–H groups in total. The number of ether oxygens (including phenoxy) is 1. The van der Waals surface area contributed by atoms with Crippen LogP contribution in [-0.4, -0.2) is 44.9 Å². The van der Waals surface area contributed by atoms with Crippen molar-refractivity contribution in [2.75, 3.05) is 40.0 Å². The smallest absolute Gasteiger partial charge is 0.119 e. The molecule has 0 spiro atoms. The number of hydrogen-bond donors (Lipinski definition) is 1. The quantitative estimate of drug-likeness (QED) is 0.885. The Morgan fingerprint density at radius 1 is 1.37 bits per heavy atom. The van der Waals surface area contributed by atoms with E-state index in [4.69, 9.17) is 4.74 Å². The summed E-state index contributed by atoms with van der Waals surface area (Å²) in [6.45, 7) is 5.73. The van der Waals surface area contributed by atoms with E-state index in [0.29, 0.717) is 6.42 Å². The van der Waals surface area contributed by atoms with Gasteiger partial charge in [0.1, 0.15) is 5.75 Å². The average molecular weight is 266 g/mol. The van der Waals surface area contributed by atoms with Crippen LogP contribution in [0.4, 0.5) is 4.39 Å². The molecule has 0 saturated carbocycles. The zero-order valence-electron chi connectivity index (χ0n) is 11.8. The van der Waals surface area contributed by atoms with Gasteiger partial charge in [0.2, 0.25) is 0 Å². The summed E-state index contributed by atoms with van der Waals surface area (Å²) >= 11 is 0. The van der Waals surface area contributed by atoms with Gasteiger partial charge >= 0.3 is 0 Å². The molecule has 106 valence electrons. The van der Waals surface area contributed by atoms with E-state index in [0.717, 1.165) is 31.9 Å². The molecule has 4 heteroatoms. The first-order valence-electron chi connectivity index (χ1n) is 6.91. The number of rotatable bonds is 5. The summed E-state index contributed by atoms with van der Waals surface area (Å²) in [5.41, 5.74) is 2.40. The van der Waals surface area contributed by atoms with Gasteiger partial charge in [0.15, 0.2) is 0 Å². The summed E-state index contributed by atoms with van der Waals surface area (Å²) in [7, 11) is 1.67. The molecule has 0 aliphatic carbocycles. The minimum absolute atomic E-state index is 0.179. The number of piperazine rings is 1. The monoisotopic (exact) mass is 266 g/mol. The molecule has 1 aliphatic heterocycles. The predicted octanol–water partition coefficient (Wildman–Crippen LogP) is 2.31. The molecule has 1 aromatic carbocycles. The van der Waals surface area contributed by atoms with Crippen LogP contribution in [-0.2, 0) is 0 Å². The topological polar surface area (TPSA) is 24.5 Å². The van der Waals surface area contributed by atoms with E-state index < -0.39 is 0 Å². The van der Waals surface area contributed by atoms with Crippen molar-refractivity contribution in [1.29, 1.82) is 0 Å². The molecule has 1 fully saturated rings. The molecule has 3 nitrogen and oxygen atoms in total. The Morgan fingerprint density at radius 2 is 2.11 bits per heavy atom. The Morgan fingerprint density at radius 3 is 2.68 bits per heavy atom. The lowest BCUT2D eigenvalue weighted by molar-refractivity contribution is 0.157. The fraction of sp³-hybridized carbons (Fsp3) is 0.600. The summed E-state index contributed by atoms with van der Waals surface area (Å²) in [5.74, 6) is 0.862. The summed E-state index contributed by atoms with van der Waals surface area (Å²) < 4.78 is 18.1. The number of halogens is 1. The normalized spacial score (nSPS) is 18.3. The van der Waals surface area contributed by atoms with Crippen molar-refractivity contribution in [3.63, 3.8) is 0 Å². The Bertz CT molecular complexity index is 405. The van der Waals surface area contributed by atoms with Gasteiger partial charge in [-0.2, -0.15) is 0 Å². The van der Waals surface area contributed by atoms with Crippen LogP contribution in [0.3, 0.4) is 0 Å². The van der Waals surface area contributed by atoms with Crippen LogP contribution in [0, 0.1) is 6.92 Å². The molecule has 1 atom stereocenters. The second kappa shape index (κ2) is 6.87. The third-order valence-electron chi connectivity index (χ3n) is 3.81. The van der Waals surface area contributed by atoms with Gasteiger partial charge in [0, 0.05) is 32.2 Å². The van der Waals surface area contributed by atoms with Gasteiger partial charge in [-0.25, -0.2) is 0 Å². The summed E-state index contributed by atoms with van der Waals surface area (Å²) in [6, 6.07) is 6.26. The molecule has 0 radical (unpaired) electrons. The van der Waals surface area contributed by atoms with Gasteiger partial charge in [0.05, 0.1) is 13.8 Å². The maximum atomic E-state index is 12.9. The molecule has 19 heavy (non-hydrogen) atoms. The Hall–Kier alpha value is -1.13. The lowest BCUT2D eigenvalue weighted by atomic mass is 9.97. The van der Waals surface area contributed by atoms with E-state index in [1.807, 2.05) is 12.1 Å². The van der Waals surface area contributed by atoms with Gasteiger partial charge in [-0.05, 0) is 36.6 Å². The molecule has 1 heterocycles. The van der Waals surface area contributed by atoms with Crippen LogP contribution in [0.15, 0.2) is 18.2 Å². The first kappa shape index (κ1) is 14.3. The van der Waals surface area contributed by atoms with E-state index in [1.165, 1.54) is 11.1 Å². The number of nitrogens with one attached hydrogen (secondary N) is 1. The van der Waals surface area contributed by atoms with Crippen molar-refractivity contribution < 1.29 is 9.13 Å². The molecule has 1 aromatic rings. The average Bonchev–Trinajstić information content (AvgIpc) is 2.46. The SMILES string of the molecule is COc1ccc([C@@H](CCF)N2CCNCC2)c(C)c1. The molecular formula is C15H23FN2O. The van der Waals surface area contributed by atoms with E-state index in [-0.39, 0.29) is 12.7 Å². The van der Waals surface area contributed by atoms with E-state index in [2.05, 4.69) is 23.2 Å². The third-order valence-corrected chi connectivity index (χ3v) is 3.81. The van der Waals surface area contributed by atoms with Gasteiger partial charge in [-0.3, -0.25) is 9.29 Å². The van der Waals surface area contributed by atoms with Gasteiger partial charge in [-0.1, -0.05) is 6.07 Å². The number of benzene rings is 1. The Labute approximate surface area is 114 Å². The second-order valence-electron chi connectivity index (χ2n) is 5.00. The third kappa shape index (κ3) is 3.45. The van der Waals surface area contributed by atoms with Gasteiger partial charge < -0.3 is 10.1 Å². The van der Waals surface area contributed by atoms with Crippen LogP contribution in [0.25, 0.3) is 0 Å². The van der Waals surface area contributed by atoms with Crippen LogP contribution in [0.1, 0.15) is 23.6 Å². The molecule has 1 saturated heterocycles. The van der Waals surface area contributed by atoms with Crippen LogP contribution in [0.2, 0.25) is 0 Å². The lowest BCUT2D eigenvalue weighted by Crippen LogP contribution is -2.45. The highest BCUT2D eigenvalue weighted by Crippen LogP contribution is 2.29. The highest BCUT2D eigenvalue weighted by Gasteiger charge is 2.23. The van der Waals surface area contributed by atoms with Crippen LogP contribution >= 0.6 is 0 Å². The van der Waals surface area contributed by atoms with E-state index in [1.54, 1.807) is 7.11 Å². The predicted molar refractivity (Wildman–Crippen MR) is 75.5 cm³/mol. The molecule has 0 unspecified atom stereocenters. The fourth-order valence-corrected chi connectivity index (χ4v) is 2.78. The molecular weight excluding hydrogens is 243 g/mol. The lowest BCUT2D eigenvalue weighted by Gasteiger charge is -2.35. The van der Waals surface area contributed by atoms with Crippen LogP contribution in [0.5, 0.6) is 5.75 Å². The van der Waals surface area contributed by atoms with E-state index in [9.17, 15) is 4.39 Å². The van der Waals surface area contributed by atoms with Crippen molar-refractivity contribution in [1.82, 2.24) is 10.2 Å². The zero-order valence-corrected chi connectivity index (χ0v) is 11.8. The van der Waals surface area contributed by atoms with Gasteiger partial charge in [-0.15, -0.1) is 0 Å². The number of aryl methyl sites for hydroxylation is 1. The first-order valence-corrected chi connectivity index (χ1v) is 6.91. The number of alkyl halides is 1. The summed E-state index contributed by atoms with van der Waals surface area (Å²) in [4.78, 5) is 2.38. The minimum Gasteiger partial charge on any atom is -0.497 e. The van der Waals surface area contributed by atoms with Crippen molar-refractivity contribution in [3.05, 3.63) is 29.3 Å². The number of methoxy groups -OCH3 is 1. The summed E-state index contributed by atoms with van der Waals surface area (Å²) in [5, 5.41) is 3.34. The highest BCUT2D eigenvalue weighted by atomic mass is 19.1. The van der Waals surface area contributed by atoms with Crippen molar-refractivity contribution >= 4 is 0 Å². The second-order valence-corrected chi connectivity index (χ2v) is 5.00. The zero-order chi connectivity index (χ0) is 13.7. The fourth-order valence-electron chi connectivity index (χ4n) is 2.78. The minimum atomic E-state index is -0.278. The van der Waals surface area contributed by atoms with Crippen molar-refractivity contribution in [3.8, 4) is 5.75 Å². The van der Waals surface area contributed by atoms with Gasteiger partial charge in [0.25, 0.3) is 0 Å². The molecule has 0 amide bonds. The molecule has 0 aromatic heterocycles.